The summed E-state index contributed by atoms with van der Waals surface area (Å²) < 4.78 is 13.1. The molecule has 0 N–H and O–H groups in total. The summed E-state index contributed by atoms with van der Waals surface area (Å²) in [6.45, 7) is 2.05. The van der Waals surface area contributed by atoms with Gasteiger partial charge in [0.2, 0.25) is 5.24 Å². The second kappa shape index (κ2) is 3.78. The molecule has 0 fully saturated rings. The molecular weight excluding hydrogens is 215 g/mol. The van der Waals surface area contributed by atoms with Gasteiger partial charge in [-0.3, -0.25) is 4.79 Å². The molecule has 15 heavy (non-hydrogen) atoms. The smallest absolute Gasteiger partial charge is 0.245 e. The molecular formula is C12H10ClFO. The third kappa shape index (κ3) is 1.95. The van der Waals surface area contributed by atoms with E-state index in [0.717, 1.165) is 23.1 Å². The van der Waals surface area contributed by atoms with Gasteiger partial charge in [-0.15, -0.1) is 0 Å². The summed E-state index contributed by atoms with van der Waals surface area (Å²) in [5.41, 5.74) is 2.73. The summed E-state index contributed by atoms with van der Waals surface area (Å²) in [5, 5.41) is -0.505. The first kappa shape index (κ1) is 10.4. The third-order valence-corrected chi connectivity index (χ3v) is 2.82. The van der Waals surface area contributed by atoms with Crippen LogP contribution in [-0.2, 0) is 4.79 Å². The molecule has 0 spiro atoms. The molecule has 78 valence electrons. The molecule has 1 nitrogen and oxygen atoms in total. The Bertz CT molecular complexity index is 451. The van der Waals surface area contributed by atoms with Crippen LogP contribution in [0.15, 0.2) is 24.3 Å². The molecule has 0 amide bonds. The van der Waals surface area contributed by atoms with Crippen LogP contribution in [0.1, 0.15) is 30.4 Å². The van der Waals surface area contributed by atoms with Crippen molar-refractivity contribution in [2.45, 2.75) is 19.3 Å². The average Bonchev–Trinajstić information content (AvgIpc) is 2.42. The van der Waals surface area contributed by atoms with Gasteiger partial charge < -0.3 is 0 Å². The fourth-order valence-electron chi connectivity index (χ4n) is 2.06. The Morgan fingerprint density at radius 2 is 2.33 bits per heavy atom. The summed E-state index contributed by atoms with van der Waals surface area (Å²) in [5.74, 6) is 0.0404. The molecule has 0 radical (unpaired) electrons. The molecule has 0 saturated heterocycles. The highest BCUT2D eigenvalue weighted by atomic mass is 35.5. The van der Waals surface area contributed by atoms with Gasteiger partial charge in [0.25, 0.3) is 0 Å². The number of carbonyl (C=O) groups is 1. The largest absolute Gasteiger partial charge is 0.276 e. The molecule has 0 aromatic heterocycles. The highest BCUT2D eigenvalue weighted by Gasteiger charge is 2.23. The molecule has 0 saturated carbocycles. The zero-order chi connectivity index (χ0) is 11.0. The van der Waals surface area contributed by atoms with Crippen molar-refractivity contribution in [3.63, 3.8) is 0 Å². The number of halogens is 2. The lowest BCUT2D eigenvalue weighted by atomic mass is 10.0. The van der Waals surface area contributed by atoms with Crippen LogP contribution in [0.2, 0.25) is 0 Å². The number of allylic oxidation sites excluding steroid dienone is 2. The Balaban J connectivity index is 2.53. The van der Waals surface area contributed by atoms with E-state index in [1.165, 1.54) is 18.2 Å². The van der Waals surface area contributed by atoms with Crippen LogP contribution in [0, 0.1) is 5.82 Å². The summed E-state index contributed by atoms with van der Waals surface area (Å²) in [4.78, 5) is 10.8. The van der Waals surface area contributed by atoms with E-state index in [2.05, 4.69) is 6.92 Å². The van der Waals surface area contributed by atoms with Crippen LogP contribution in [-0.4, -0.2) is 5.24 Å². The minimum Gasteiger partial charge on any atom is -0.276 e. The quantitative estimate of drug-likeness (QED) is 0.527. The standard InChI is InChI=1S/C12H10ClFO/c1-7-4-8(5-12(13)15)11-6-9(14)2-3-10(7)11/h2-3,5-7H,4H2,1H3/b8-5-. The van der Waals surface area contributed by atoms with Gasteiger partial charge in [0.05, 0.1) is 0 Å². The van der Waals surface area contributed by atoms with E-state index in [9.17, 15) is 9.18 Å². The normalized spacial score (nSPS) is 21.8. The Hall–Kier alpha value is -1.15. The maximum absolute atomic E-state index is 13.1. The van der Waals surface area contributed by atoms with Gasteiger partial charge in [0, 0.05) is 6.08 Å². The molecule has 1 unspecified atom stereocenters. The second-order valence-corrected chi connectivity index (χ2v) is 4.18. The molecule has 1 aliphatic rings. The molecule has 1 atom stereocenters. The number of carbonyl (C=O) groups excluding carboxylic acids is 1. The Kier molecular flexibility index (Phi) is 2.61. The van der Waals surface area contributed by atoms with Crippen molar-refractivity contribution in [1.29, 1.82) is 0 Å². The minimum absolute atomic E-state index is 0.282. The van der Waals surface area contributed by atoms with Gasteiger partial charge in [-0.25, -0.2) is 4.39 Å². The van der Waals surface area contributed by atoms with Crippen LogP contribution < -0.4 is 0 Å². The number of hydrogen-bond donors (Lipinski definition) is 0. The summed E-state index contributed by atoms with van der Waals surface area (Å²) in [6, 6.07) is 4.68. The zero-order valence-electron chi connectivity index (χ0n) is 8.26. The van der Waals surface area contributed by atoms with Gasteiger partial charge in [0.1, 0.15) is 5.82 Å². The molecule has 1 aromatic carbocycles. The van der Waals surface area contributed by atoms with Gasteiger partial charge in [-0.05, 0) is 52.8 Å². The highest BCUT2D eigenvalue weighted by molar-refractivity contribution is 6.67. The third-order valence-electron chi connectivity index (χ3n) is 2.71. The topological polar surface area (TPSA) is 17.1 Å². The fraction of sp³-hybridized carbons (Fsp3) is 0.250. The van der Waals surface area contributed by atoms with Crippen molar-refractivity contribution in [1.82, 2.24) is 0 Å². The van der Waals surface area contributed by atoms with E-state index >= 15 is 0 Å². The Morgan fingerprint density at radius 3 is 3.00 bits per heavy atom. The van der Waals surface area contributed by atoms with Crippen molar-refractivity contribution in [3.8, 4) is 0 Å². The van der Waals surface area contributed by atoms with Crippen LogP contribution in [0.3, 0.4) is 0 Å². The predicted octanol–water partition coefficient (Wildman–Crippen LogP) is 3.48. The number of fused-ring (bicyclic) bond motifs is 1. The first-order valence-electron chi connectivity index (χ1n) is 4.78. The van der Waals surface area contributed by atoms with Crippen LogP contribution in [0.25, 0.3) is 5.57 Å². The molecule has 0 aliphatic heterocycles. The molecule has 1 aromatic rings. The summed E-state index contributed by atoms with van der Waals surface area (Å²) in [6.07, 6.45) is 2.13. The Morgan fingerprint density at radius 1 is 1.60 bits per heavy atom. The lowest BCUT2D eigenvalue weighted by molar-refractivity contribution is -0.107. The van der Waals surface area contributed by atoms with Crippen molar-refractivity contribution in [3.05, 3.63) is 41.2 Å². The van der Waals surface area contributed by atoms with Crippen molar-refractivity contribution in [2.24, 2.45) is 0 Å². The van der Waals surface area contributed by atoms with Gasteiger partial charge in [-0.2, -0.15) is 0 Å². The van der Waals surface area contributed by atoms with E-state index < -0.39 is 5.24 Å². The zero-order valence-corrected chi connectivity index (χ0v) is 9.01. The molecule has 0 bridgehead atoms. The van der Waals surface area contributed by atoms with Crippen molar-refractivity contribution >= 4 is 22.4 Å². The van der Waals surface area contributed by atoms with Crippen LogP contribution in [0.5, 0.6) is 0 Å². The lowest BCUT2D eigenvalue weighted by Crippen LogP contribution is -1.86. The van der Waals surface area contributed by atoms with Crippen molar-refractivity contribution < 1.29 is 9.18 Å². The van der Waals surface area contributed by atoms with Gasteiger partial charge >= 0.3 is 0 Å². The average molecular weight is 225 g/mol. The van der Waals surface area contributed by atoms with Gasteiger partial charge in [-0.1, -0.05) is 13.0 Å². The van der Waals surface area contributed by atoms with Crippen LogP contribution in [0.4, 0.5) is 4.39 Å². The molecule has 3 heteroatoms. The second-order valence-electron chi connectivity index (χ2n) is 3.81. The Labute approximate surface area is 92.6 Å². The fourth-order valence-corrected chi connectivity index (χ4v) is 2.19. The van der Waals surface area contributed by atoms with E-state index in [1.807, 2.05) is 0 Å². The number of benzene rings is 1. The van der Waals surface area contributed by atoms with E-state index in [4.69, 9.17) is 11.6 Å². The predicted molar refractivity (Wildman–Crippen MR) is 58.3 cm³/mol. The minimum atomic E-state index is -0.505. The molecule has 2 rings (SSSR count). The highest BCUT2D eigenvalue weighted by Crippen LogP contribution is 2.40. The van der Waals surface area contributed by atoms with E-state index in [-0.39, 0.29) is 5.82 Å². The number of hydrogen-bond acceptors (Lipinski definition) is 1. The maximum atomic E-state index is 13.1. The monoisotopic (exact) mass is 224 g/mol. The van der Waals surface area contributed by atoms with E-state index in [0.29, 0.717) is 5.92 Å². The summed E-state index contributed by atoms with van der Waals surface area (Å²) >= 11 is 5.30. The van der Waals surface area contributed by atoms with Crippen LogP contribution >= 0.6 is 11.6 Å². The van der Waals surface area contributed by atoms with Crippen molar-refractivity contribution in [2.75, 3.05) is 0 Å². The van der Waals surface area contributed by atoms with Gasteiger partial charge in [0.15, 0.2) is 0 Å². The van der Waals surface area contributed by atoms with E-state index in [1.54, 1.807) is 6.07 Å². The molecule has 1 aliphatic carbocycles. The first-order valence-corrected chi connectivity index (χ1v) is 5.15. The molecule has 0 heterocycles. The maximum Gasteiger partial charge on any atom is 0.245 e. The summed E-state index contributed by atoms with van der Waals surface area (Å²) in [7, 11) is 0. The first-order chi connectivity index (χ1) is 7.08. The lowest BCUT2D eigenvalue weighted by Gasteiger charge is -2.02. The SMILES string of the molecule is CC1C/C(=C/C(=O)Cl)c2cc(F)ccc21. The number of rotatable bonds is 1.